The molecule has 2 aromatic rings. The van der Waals surface area contributed by atoms with Crippen LogP contribution >= 0.6 is 11.3 Å². The summed E-state index contributed by atoms with van der Waals surface area (Å²) in [6, 6.07) is 7.75. The van der Waals surface area contributed by atoms with Crippen LogP contribution in [0.4, 0.5) is 10.7 Å². The van der Waals surface area contributed by atoms with Crippen molar-refractivity contribution in [3.63, 3.8) is 0 Å². The van der Waals surface area contributed by atoms with Gasteiger partial charge in [-0.25, -0.2) is 10.2 Å². The number of anilines is 2. The van der Waals surface area contributed by atoms with Crippen molar-refractivity contribution >= 4 is 46.0 Å². The lowest BCUT2D eigenvalue weighted by molar-refractivity contribution is -0.136. The van der Waals surface area contributed by atoms with Gasteiger partial charge >= 0.3 is 17.8 Å². The second-order valence-corrected chi connectivity index (χ2v) is 8.43. The van der Waals surface area contributed by atoms with Gasteiger partial charge < -0.3 is 15.0 Å². The van der Waals surface area contributed by atoms with Gasteiger partial charge in [0.25, 0.3) is 0 Å². The lowest BCUT2D eigenvalue weighted by Gasteiger charge is -2.20. The predicted molar refractivity (Wildman–Crippen MR) is 127 cm³/mol. The SMILES string of the molecule is CCN(CC)c1ccc(/C=N/NC(=O)C(=O)Nc2sc3c(c2C(=O)OC)CCCC3)cc1. The zero-order valence-corrected chi connectivity index (χ0v) is 19.4. The first-order chi connectivity index (χ1) is 15.5. The average molecular weight is 457 g/mol. The van der Waals surface area contributed by atoms with Crippen LogP contribution in [0.5, 0.6) is 0 Å². The Morgan fingerprint density at radius 3 is 2.44 bits per heavy atom. The molecule has 2 amide bonds. The Kier molecular flexibility index (Phi) is 7.99. The van der Waals surface area contributed by atoms with E-state index >= 15 is 0 Å². The summed E-state index contributed by atoms with van der Waals surface area (Å²) in [5.74, 6) is -2.31. The second kappa shape index (κ2) is 10.9. The average Bonchev–Trinajstić information content (AvgIpc) is 3.18. The van der Waals surface area contributed by atoms with E-state index in [0.29, 0.717) is 10.6 Å². The number of hydrogen-bond donors (Lipinski definition) is 2. The summed E-state index contributed by atoms with van der Waals surface area (Å²) in [6.07, 6.45) is 5.10. The van der Waals surface area contributed by atoms with Gasteiger partial charge in [0.05, 0.1) is 18.9 Å². The number of amides is 2. The summed E-state index contributed by atoms with van der Waals surface area (Å²) in [7, 11) is 1.30. The number of ether oxygens (including phenoxy) is 1. The van der Waals surface area contributed by atoms with Gasteiger partial charge in [-0.15, -0.1) is 11.3 Å². The fourth-order valence-corrected chi connectivity index (χ4v) is 4.98. The maximum absolute atomic E-state index is 12.4. The molecule has 1 heterocycles. The lowest BCUT2D eigenvalue weighted by Crippen LogP contribution is -2.32. The smallest absolute Gasteiger partial charge is 0.341 e. The van der Waals surface area contributed by atoms with Crippen molar-refractivity contribution in [2.24, 2.45) is 5.10 Å². The van der Waals surface area contributed by atoms with E-state index in [4.69, 9.17) is 4.74 Å². The molecular weight excluding hydrogens is 428 g/mol. The highest BCUT2D eigenvalue weighted by Gasteiger charge is 2.28. The zero-order chi connectivity index (χ0) is 23.1. The van der Waals surface area contributed by atoms with Gasteiger partial charge in [-0.2, -0.15) is 5.10 Å². The van der Waals surface area contributed by atoms with Crippen LogP contribution in [0, 0.1) is 0 Å². The number of nitrogens with zero attached hydrogens (tertiary/aromatic N) is 2. The second-order valence-electron chi connectivity index (χ2n) is 7.32. The van der Waals surface area contributed by atoms with Gasteiger partial charge in [-0.05, 0) is 62.8 Å². The minimum atomic E-state index is -0.914. The van der Waals surface area contributed by atoms with Crippen LogP contribution in [-0.4, -0.2) is 44.2 Å². The molecule has 0 aliphatic heterocycles. The van der Waals surface area contributed by atoms with E-state index < -0.39 is 17.8 Å². The van der Waals surface area contributed by atoms with Crippen molar-refractivity contribution in [1.29, 1.82) is 0 Å². The molecule has 2 N–H and O–H groups in total. The number of thiophene rings is 1. The van der Waals surface area contributed by atoms with E-state index in [1.165, 1.54) is 24.7 Å². The fraction of sp³-hybridized carbons (Fsp3) is 0.391. The lowest BCUT2D eigenvalue weighted by atomic mass is 9.95. The highest BCUT2D eigenvalue weighted by molar-refractivity contribution is 7.17. The van der Waals surface area contributed by atoms with Gasteiger partial charge in [0, 0.05) is 23.7 Å². The van der Waals surface area contributed by atoms with Crippen LogP contribution in [-0.2, 0) is 27.2 Å². The maximum atomic E-state index is 12.4. The van der Waals surface area contributed by atoms with Gasteiger partial charge in [0.2, 0.25) is 0 Å². The minimum absolute atomic E-state index is 0.347. The first-order valence-electron chi connectivity index (χ1n) is 10.7. The number of carbonyl (C=O) groups excluding carboxylic acids is 3. The third kappa shape index (κ3) is 5.34. The molecule has 32 heavy (non-hydrogen) atoms. The minimum Gasteiger partial charge on any atom is -0.465 e. The monoisotopic (exact) mass is 456 g/mol. The molecule has 0 spiro atoms. The Bertz CT molecular complexity index is 1010. The van der Waals surface area contributed by atoms with Gasteiger partial charge in [0.1, 0.15) is 5.00 Å². The Morgan fingerprint density at radius 1 is 1.09 bits per heavy atom. The Labute approximate surface area is 191 Å². The van der Waals surface area contributed by atoms with Crippen LogP contribution in [0.1, 0.15) is 53.1 Å². The van der Waals surface area contributed by atoms with Gasteiger partial charge in [0.15, 0.2) is 0 Å². The summed E-state index contributed by atoms with van der Waals surface area (Å²) in [5, 5.41) is 6.77. The molecule has 1 aromatic heterocycles. The normalized spacial score (nSPS) is 12.8. The molecule has 0 saturated carbocycles. The van der Waals surface area contributed by atoms with E-state index in [1.54, 1.807) is 0 Å². The zero-order valence-electron chi connectivity index (χ0n) is 18.6. The summed E-state index contributed by atoms with van der Waals surface area (Å²) < 4.78 is 4.88. The number of hydrogen-bond acceptors (Lipinski definition) is 7. The van der Waals surface area contributed by atoms with E-state index in [-0.39, 0.29) is 0 Å². The van der Waals surface area contributed by atoms with Crippen molar-refractivity contribution in [1.82, 2.24) is 5.43 Å². The van der Waals surface area contributed by atoms with Crippen molar-refractivity contribution in [3.05, 3.63) is 45.8 Å². The predicted octanol–water partition coefficient (Wildman–Crippen LogP) is 3.35. The van der Waals surface area contributed by atoms with Gasteiger partial charge in [-0.1, -0.05) is 12.1 Å². The number of methoxy groups -OCH3 is 1. The number of esters is 1. The molecule has 8 nitrogen and oxygen atoms in total. The number of benzene rings is 1. The van der Waals surface area contributed by atoms with Crippen molar-refractivity contribution < 1.29 is 19.1 Å². The Balaban J connectivity index is 1.63. The van der Waals surface area contributed by atoms with Crippen molar-refractivity contribution in [3.8, 4) is 0 Å². The standard InChI is InChI=1S/C23H28N4O4S/c1-4-27(5-2)16-12-10-15(11-13-16)14-24-26-21(29)20(28)25-22-19(23(30)31-3)17-8-6-7-9-18(17)32-22/h10-14H,4-9H2,1-3H3,(H,25,28)(H,26,29)/b24-14+. The van der Waals surface area contributed by atoms with E-state index in [2.05, 4.69) is 34.6 Å². The van der Waals surface area contributed by atoms with Crippen LogP contribution in [0.3, 0.4) is 0 Å². The summed E-state index contributed by atoms with van der Waals surface area (Å²) >= 11 is 1.32. The first-order valence-corrected chi connectivity index (χ1v) is 11.5. The molecule has 0 bridgehead atoms. The third-order valence-corrected chi connectivity index (χ3v) is 6.60. The van der Waals surface area contributed by atoms with Crippen LogP contribution in [0.25, 0.3) is 0 Å². The largest absolute Gasteiger partial charge is 0.465 e. The molecule has 0 unspecified atom stereocenters. The molecule has 9 heteroatoms. The Hall–Kier alpha value is -3.20. The molecule has 1 aliphatic carbocycles. The Morgan fingerprint density at radius 2 is 1.78 bits per heavy atom. The number of aryl methyl sites for hydroxylation is 1. The van der Waals surface area contributed by atoms with E-state index in [9.17, 15) is 14.4 Å². The summed E-state index contributed by atoms with van der Waals surface area (Å²) in [6.45, 7) is 6.03. The quantitative estimate of drug-likeness (QED) is 0.288. The summed E-state index contributed by atoms with van der Waals surface area (Å²) in [4.78, 5) is 40.1. The van der Waals surface area contributed by atoms with Crippen LogP contribution in [0.15, 0.2) is 29.4 Å². The topological polar surface area (TPSA) is 100 Å². The molecular formula is C23H28N4O4S. The molecule has 1 aromatic carbocycles. The van der Waals surface area contributed by atoms with Gasteiger partial charge in [-0.3, -0.25) is 9.59 Å². The molecule has 0 radical (unpaired) electrons. The number of carbonyl (C=O) groups is 3. The summed E-state index contributed by atoms with van der Waals surface area (Å²) in [5.41, 5.74) is 5.40. The van der Waals surface area contributed by atoms with E-state index in [1.807, 2.05) is 24.3 Å². The number of fused-ring (bicyclic) bond motifs is 1. The first kappa shape index (κ1) is 23.5. The van der Waals surface area contributed by atoms with E-state index in [0.717, 1.165) is 60.5 Å². The number of rotatable bonds is 7. The van der Waals surface area contributed by atoms with Crippen LogP contribution < -0.4 is 15.6 Å². The molecule has 0 saturated heterocycles. The number of nitrogens with one attached hydrogen (secondary N) is 2. The highest BCUT2D eigenvalue weighted by Crippen LogP contribution is 2.38. The molecule has 1 aliphatic rings. The molecule has 0 fully saturated rings. The van der Waals surface area contributed by atoms with Crippen LogP contribution in [0.2, 0.25) is 0 Å². The van der Waals surface area contributed by atoms with Crippen molar-refractivity contribution in [2.45, 2.75) is 39.5 Å². The number of hydrazone groups is 1. The van der Waals surface area contributed by atoms with Crippen molar-refractivity contribution in [2.75, 3.05) is 30.4 Å². The molecule has 3 rings (SSSR count). The molecule has 0 atom stereocenters. The fourth-order valence-electron chi connectivity index (χ4n) is 3.71. The molecule has 170 valence electrons. The third-order valence-electron chi connectivity index (χ3n) is 5.40. The highest BCUT2D eigenvalue weighted by atomic mass is 32.1. The maximum Gasteiger partial charge on any atom is 0.341 e.